The van der Waals surface area contributed by atoms with Crippen molar-refractivity contribution >= 4 is 31.9 Å². The van der Waals surface area contributed by atoms with Gasteiger partial charge in [-0.3, -0.25) is 0 Å². The number of aliphatic hydroxyl groups is 1. The molecule has 0 saturated heterocycles. The lowest BCUT2D eigenvalue weighted by atomic mass is 9.98. The van der Waals surface area contributed by atoms with Gasteiger partial charge in [-0.25, -0.2) is 0 Å². The van der Waals surface area contributed by atoms with E-state index in [9.17, 15) is 5.11 Å². The van der Waals surface area contributed by atoms with E-state index in [0.717, 1.165) is 25.6 Å². The van der Waals surface area contributed by atoms with Crippen LogP contribution >= 0.6 is 31.9 Å². The number of benzene rings is 2. The fourth-order valence-corrected chi connectivity index (χ4v) is 2.71. The van der Waals surface area contributed by atoms with Gasteiger partial charge in [0.05, 0.1) is 6.10 Å². The first-order valence-electron chi connectivity index (χ1n) is 5.75. The van der Waals surface area contributed by atoms with Crippen LogP contribution < -0.4 is 0 Å². The maximum absolute atomic E-state index is 10.3. The van der Waals surface area contributed by atoms with E-state index in [1.54, 1.807) is 0 Å². The number of hydrogen-bond donors (Lipinski definition) is 1. The van der Waals surface area contributed by atoms with Gasteiger partial charge in [-0.05, 0) is 47.9 Å². The second-order valence-electron chi connectivity index (χ2n) is 4.35. The minimum atomic E-state index is -0.459. The van der Waals surface area contributed by atoms with Crippen molar-refractivity contribution in [2.75, 3.05) is 0 Å². The van der Waals surface area contributed by atoms with E-state index in [0.29, 0.717) is 6.42 Å². The predicted octanol–water partition coefficient (Wildman–Crippen LogP) is 4.80. The van der Waals surface area contributed by atoms with Gasteiger partial charge < -0.3 is 5.11 Å². The highest BCUT2D eigenvalue weighted by atomic mass is 79.9. The van der Waals surface area contributed by atoms with Crippen LogP contribution in [0.15, 0.2) is 51.4 Å². The molecule has 0 bridgehead atoms. The molecule has 0 aromatic heterocycles. The zero-order valence-electron chi connectivity index (χ0n) is 10.0. The molecule has 3 heteroatoms. The topological polar surface area (TPSA) is 20.2 Å². The first-order valence-corrected chi connectivity index (χ1v) is 7.33. The molecule has 18 heavy (non-hydrogen) atoms. The molecule has 2 aromatic rings. The first-order chi connectivity index (χ1) is 8.56. The van der Waals surface area contributed by atoms with Crippen molar-refractivity contribution in [1.82, 2.24) is 0 Å². The molecular formula is C15H14Br2O. The van der Waals surface area contributed by atoms with E-state index in [4.69, 9.17) is 0 Å². The highest BCUT2D eigenvalue weighted by molar-refractivity contribution is 9.10. The first kappa shape index (κ1) is 13.8. The van der Waals surface area contributed by atoms with Crippen molar-refractivity contribution < 1.29 is 5.11 Å². The molecule has 0 amide bonds. The molecule has 0 radical (unpaired) electrons. The Morgan fingerprint density at radius 2 is 1.61 bits per heavy atom. The molecule has 0 aliphatic carbocycles. The predicted molar refractivity (Wildman–Crippen MR) is 81.7 cm³/mol. The van der Waals surface area contributed by atoms with Crippen molar-refractivity contribution in [1.29, 1.82) is 0 Å². The fourth-order valence-electron chi connectivity index (χ4n) is 1.97. The highest BCUT2D eigenvalue weighted by Crippen LogP contribution is 2.25. The molecule has 0 aliphatic heterocycles. The average molecular weight is 370 g/mol. The Balaban J connectivity index is 2.16. The maximum Gasteiger partial charge on any atom is 0.0832 e. The number of aliphatic hydroxyl groups excluding tert-OH is 1. The van der Waals surface area contributed by atoms with Gasteiger partial charge in [0.2, 0.25) is 0 Å². The monoisotopic (exact) mass is 368 g/mol. The summed E-state index contributed by atoms with van der Waals surface area (Å²) < 4.78 is 2.10. The highest BCUT2D eigenvalue weighted by Gasteiger charge is 2.11. The summed E-state index contributed by atoms with van der Waals surface area (Å²) in [5.41, 5.74) is 3.23. The van der Waals surface area contributed by atoms with Crippen molar-refractivity contribution in [3.8, 4) is 0 Å². The summed E-state index contributed by atoms with van der Waals surface area (Å²) in [4.78, 5) is 0. The summed E-state index contributed by atoms with van der Waals surface area (Å²) in [6, 6.07) is 14.0. The second-order valence-corrected chi connectivity index (χ2v) is 6.18. The third-order valence-electron chi connectivity index (χ3n) is 2.93. The summed E-state index contributed by atoms with van der Waals surface area (Å²) in [5.74, 6) is 0. The Morgan fingerprint density at radius 3 is 2.22 bits per heavy atom. The quantitative estimate of drug-likeness (QED) is 0.824. The van der Waals surface area contributed by atoms with Crippen LogP contribution in [0.4, 0.5) is 0 Å². The molecule has 1 atom stereocenters. The molecule has 2 aromatic carbocycles. The minimum Gasteiger partial charge on any atom is -0.388 e. The normalized spacial score (nSPS) is 12.4. The molecule has 2 rings (SSSR count). The van der Waals surface area contributed by atoms with Crippen molar-refractivity contribution in [2.45, 2.75) is 19.4 Å². The zero-order chi connectivity index (χ0) is 13.1. The van der Waals surface area contributed by atoms with Crippen molar-refractivity contribution in [2.24, 2.45) is 0 Å². The van der Waals surface area contributed by atoms with Gasteiger partial charge in [-0.2, -0.15) is 0 Å². The number of halogens is 2. The van der Waals surface area contributed by atoms with E-state index in [-0.39, 0.29) is 0 Å². The second kappa shape index (κ2) is 6.00. The van der Waals surface area contributed by atoms with E-state index in [1.807, 2.05) is 49.4 Å². The molecule has 0 heterocycles. The van der Waals surface area contributed by atoms with Gasteiger partial charge in [-0.15, -0.1) is 0 Å². The summed E-state index contributed by atoms with van der Waals surface area (Å²) in [6.45, 7) is 2.02. The van der Waals surface area contributed by atoms with E-state index in [2.05, 4.69) is 31.9 Å². The van der Waals surface area contributed by atoms with Crippen molar-refractivity contribution in [3.05, 3.63) is 68.1 Å². The van der Waals surface area contributed by atoms with E-state index in [1.165, 1.54) is 0 Å². The Hall–Kier alpha value is -0.640. The maximum atomic E-state index is 10.3. The van der Waals surface area contributed by atoms with E-state index < -0.39 is 6.10 Å². The van der Waals surface area contributed by atoms with Gasteiger partial charge in [0.25, 0.3) is 0 Å². The summed E-state index contributed by atoms with van der Waals surface area (Å²) in [7, 11) is 0. The standard InChI is InChI=1S/C15H14Br2O/c1-10-8-13(17)6-7-14(10)15(18)9-11-2-4-12(16)5-3-11/h2-8,15,18H,9H2,1H3. The van der Waals surface area contributed by atoms with Crippen molar-refractivity contribution in [3.63, 3.8) is 0 Å². The smallest absolute Gasteiger partial charge is 0.0832 e. The molecule has 0 spiro atoms. The van der Waals surface area contributed by atoms with E-state index >= 15 is 0 Å². The Kier molecular flexibility index (Phi) is 4.60. The van der Waals surface area contributed by atoms with Gasteiger partial charge >= 0.3 is 0 Å². The van der Waals surface area contributed by atoms with Crippen LogP contribution in [-0.2, 0) is 6.42 Å². The Morgan fingerprint density at radius 1 is 1.00 bits per heavy atom. The number of hydrogen-bond acceptors (Lipinski definition) is 1. The zero-order valence-corrected chi connectivity index (χ0v) is 13.2. The van der Waals surface area contributed by atoms with Crippen LogP contribution in [0.5, 0.6) is 0 Å². The lowest BCUT2D eigenvalue weighted by Gasteiger charge is -2.14. The van der Waals surface area contributed by atoms with Crippen LogP contribution in [0.2, 0.25) is 0 Å². The molecular weight excluding hydrogens is 356 g/mol. The molecule has 1 N–H and O–H groups in total. The summed E-state index contributed by atoms with van der Waals surface area (Å²) in [6.07, 6.45) is 0.176. The molecule has 94 valence electrons. The van der Waals surface area contributed by atoms with Gasteiger partial charge in [0.15, 0.2) is 0 Å². The van der Waals surface area contributed by atoms with Crippen LogP contribution in [0.3, 0.4) is 0 Å². The number of aryl methyl sites for hydroxylation is 1. The van der Waals surface area contributed by atoms with Gasteiger partial charge in [0.1, 0.15) is 0 Å². The third-order valence-corrected chi connectivity index (χ3v) is 3.96. The van der Waals surface area contributed by atoms with Gasteiger partial charge in [0, 0.05) is 15.4 Å². The molecule has 0 saturated carbocycles. The largest absolute Gasteiger partial charge is 0.388 e. The lowest BCUT2D eigenvalue weighted by molar-refractivity contribution is 0.177. The SMILES string of the molecule is Cc1cc(Br)ccc1C(O)Cc1ccc(Br)cc1. The average Bonchev–Trinajstić information content (AvgIpc) is 2.32. The molecule has 0 aliphatic rings. The Labute approximate surface area is 124 Å². The molecule has 1 unspecified atom stereocenters. The molecule has 1 nitrogen and oxygen atoms in total. The lowest BCUT2D eigenvalue weighted by Crippen LogP contribution is -2.03. The summed E-state index contributed by atoms with van der Waals surface area (Å²) >= 11 is 6.84. The van der Waals surface area contributed by atoms with Crippen LogP contribution in [0.1, 0.15) is 22.8 Å². The van der Waals surface area contributed by atoms with Crippen LogP contribution in [0.25, 0.3) is 0 Å². The fraction of sp³-hybridized carbons (Fsp3) is 0.200. The third kappa shape index (κ3) is 3.44. The summed E-state index contributed by atoms with van der Waals surface area (Å²) in [5, 5.41) is 10.3. The number of rotatable bonds is 3. The Bertz CT molecular complexity index is 535. The van der Waals surface area contributed by atoms with Crippen LogP contribution in [0, 0.1) is 6.92 Å². The van der Waals surface area contributed by atoms with Gasteiger partial charge in [-0.1, -0.05) is 50.1 Å². The molecule has 0 fully saturated rings. The minimum absolute atomic E-state index is 0.459. The van der Waals surface area contributed by atoms with Crippen LogP contribution in [-0.4, -0.2) is 5.11 Å².